The van der Waals surface area contributed by atoms with E-state index in [0.29, 0.717) is 24.7 Å². The Hall–Kier alpha value is -2.28. The number of aliphatic hydroxyl groups is 1. The summed E-state index contributed by atoms with van der Waals surface area (Å²) in [5.41, 5.74) is 0.240. The minimum absolute atomic E-state index is 0.240. The fourth-order valence-electron chi connectivity index (χ4n) is 1.81. The van der Waals surface area contributed by atoms with Crippen LogP contribution in [0.5, 0.6) is 11.5 Å². The predicted octanol–water partition coefficient (Wildman–Crippen LogP) is -0.279. The molecule has 1 unspecified atom stereocenters. The van der Waals surface area contributed by atoms with Crippen LogP contribution >= 0.6 is 0 Å². The van der Waals surface area contributed by atoms with Crippen molar-refractivity contribution in [2.75, 3.05) is 26.9 Å². The molecule has 1 aliphatic rings. The molecule has 0 saturated carbocycles. The van der Waals surface area contributed by atoms with Crippen molar-refractivity contribution in [2.24, 2.45) is 0 Å². The Kier molecular flexibility index (Phi) is 4.41. The molecule has 1 aromatic carbocycles. The number of methoxy groups -OCH3 is 1. The van der Waals surface area contributed by atoms with Gasteiger partial charge >= 0.3 is 5.97 Å². The van der Waals surface area contributed by atoms with Crippen LogP contribution in [0.15, 0.2) is 18.2 Å². The van der Waals surface area contributed by atoms with Crippen LogP contribution in [-0.4, -0.2) is 50.0 Å². The van der Waals surface area contributed by atoms with Crippen molar-refractivity contribution >= 4 is 11.9 Å². The monoisotopic (exact) mass is 281 g/mol. The number of para-hydroxylation sites is 1. The van der Waals surface area contributed by atoms with E-state index in [1.165, 1.54) is 7.11 Å². The first-order valence-electron chi connectivity index (χ1n) is 6.05. The van der Waals surface area contributed by atoms with Gasteiger partial charge in [-0.15, -0.1) is 0 Å². The van der Waals surface area contributed by atoms with Crippen molar-refractivity contribution in [3.05, 3.63) is 23.8 Å². The van der Waals surface area contributed by atoms with E-state index in [1.807, 2.05) is 0 Å². The second-order valence-corrected chi connectivity index (χ2v) is 4.06. The third-order valence-electron chi connectivity index (χ3n) is 2.78. The average Bonchev–Trinajstić information content (AvgIpc) is 2.51. The van der Waals surface area contributed by atoms with E-state index in [9.17, 15) is 9.59 Å². The van der Waals surface area contributed by atoms with Crippen LogP contribution in [0, 0.1) is 0 Å². The predicted molar refractivity (Wildman–Crippen MR) is 67.8 cm³/mol. The fraction of sp³-hybridized carbons (Fsp3) is 0.385. The van der Waals surface area contributed by atoms with Crippen LogP contribution in [0.1, 0.15) is 10.4 Å². The summed E-state index contributed by atoms with van der Waals surface area (Å²) in [5, 5.41) is 11.5. The summed E-state index contributed by atoms with van der Waals surface area (Å²) in [6.45, 7) is 0.210. The van der Waals surface area contributed by atoms with E-state index >= 15 is 0 Å². The second-order valence-electron chi connectivity index (χ2n) is 4.06. The van der Waals surface area contributed by atoms with Crippen molar-refractivity contribution in [1.82, 2.24) is 5.32 Å². The number of hydrogen-bond acceptors (Lipinski definition) is 6. The highest BCUT2D eigenvalue weighted by molar-refractivity contribution is 5.99. The smallest absolute Gasteiger partial charge is 0.330 e. The number of benzene rings is 1. The average molecular weight is 281 g/mol. The topological polar surface area (TPSA) is 94.1 Å². The maximum absolute atomic E-state index is 12.1. The normalized spacial score (nSPS) is 14.3. The molecule has 0 radical (unpaired) electrons. The van der Waals surface area contributed by atoms with Crippen molar-refractivity contribution in [3.63, 3.8) is 0 Å². The molecule has 0 bridgehead atoms. The first kappa shape index (κ1) is 14.1. The van der Waals surface area contributed by atoms with Gasteiger partial charge in [0.25, 0.3) is 5.91 Å². The summed E-state index contributed by atoms with van der Waals surface area (Å²) in [5.74, 6) is -0.458. The zero-order valence-corrected chi connectivity index (χ0v) is 10.9. The van der Waals surface area contributed by atoms with E-state index in [1.54, 1.807) is 18.2 Å². The molecule has 7 nitrogen and oxygen atoms in total. The Labute approximate surface area is 115 Å². The van der Waals surface area contributed by atoms with Gasteiger partial charge in [0.15, 0.2) is 17.5 Å². The first-order chi connectivity index (χ1) is 9.67. The van der Waals surface area contributed by atoms with Gasteiger partial charge in [0.05, 0.1) is 19.3 Å². The van der Waals surface area contributed by atoms with Crippen molar-refractivity contribution in [3.8, 4) is 11.5 Å². The third-order valence-corrected chi connectivity index (χ3v) is 2.78. The number of carbonyl (C=O) groups excluding carboxylic acids is 2. The van der Waals surface area contributed by atoms with Gasteiger partial charge in [-0.3, -0.25) is 4.79 Å². The fourth-order valence-corrected chi connectivity index (χ4v) is 1.81. The lowest BCUT2D eigenvalue weighted by Crippen LogP contribution is -2.44. The molecular formula is C13H15NO6. The van der Waals surface area contributed by atoms with Crippen LogP contribution in [-0.2, 0) is 9.53 Å². The molecule has 20 heavy (non-hydrogen) atoms. The van der Waals surface area contributed by atoms with Crippen LogP contribution in [0.3, 0.4) is 0 Å². The number of aliphatic hydroxyl groups excluding tert-OH is 1. The van der Waals surface area contributed by atoms with Gasteiger partial charge in [0.1, 0.15) is 13.2 Å². The summed E-state index contributed by atoms with van der Waals surface area (Å²) in [6.07, 6.45) is 0. The molecule has 0 fully saturated rings. The van der Waals surface area contributed by atoms with E-state index in [0.717, 1.165) is 0 Å². The highest BCUT2D eigenvalue weighted by Crippen LogP contribution is 2.33. The van der Waals surface area contributed by atoms with Crippen LogP contribution < -0.4 is 14.8 Å². The van der Waals surface area contributed by atoms with Gasteiger partial charge in [0.2, 0.25) is 0 Å². The number of rotatable bonds is 4. The molecule has 1 atom stereocenters. The molecule has 108 valence electrons. The number of hydrogen-bond donors (Lipinski definition) is 2. The summed E-state index contributed by atoms with van der Waals surface area (Å²) in [7, 11) is 1.18. The Morgan fingerprint density at radius 3 is 2.85 bits per heavy atom. The van der Waals surface area contributed by atoms with E-state index < -0.39 is 24.5 Å². The standard InChI is InChI=1S/C13H15NO6/c1-18-13(17)9(7-15)14-12(16)8-3-2-4-10-11(8)20-6-5-19-10/h2-4,9,15H,5-7H2,1H3,(H,14,16). The SMILES string of the molecule is COC(=O)C(CO)NC(=O)c1cccc2c1OCCO2. The molecule has 1 amide bonds. The quantitative estimate of drug-likeness (QED) is 0.737. The Balaban J connectivity index is 2.19. The molecule has 0 aromatic heterocycles. The first-order valence-corrected chi connectivity index (χ1v) is 6.05. The minimum atomic E-state index is -1.12. The molecule has 2 rings (SSSR count). The summed E-state index contributed by atoms with van der Waals surface area (Å²) in [4.78, 5) is 23.5. The van der Waals surface area contributed by atoms with Crippen LogP contribution in [0.25, 0.3) is 0 Å². The van der Waals surface area contributed by atoms with Crippen molar-refractivity contribution in [2.45, 2.75) is 6.04 Å². The minimum Gasteiger partial charge on any atom is -0.486 e. The lowest BCUT2D eigenvalue weighted by molar-refractivity contribution is -0.143. The van der Waals surface area contributed by atoms with Crippen molar-refractivity contribution < 1.29 is 28.9 Å². The highest BCUT2D eigenvalue weighted by Gasteiger charge is 2.25. The molecule has 1 aromatic rings. The molecule has 2 N–H and O–H groups in total. The zero-order valence-electron chi connectivity index (χ0n) is 10.9. The van der Waals surface area contributed by atoms with Gasteiger partial charge in [-0.25, -0.2) is 4.79 Å². The molecule has 7 heteroatoms. The summed E-state index contributed by atoms with van der Waals surface area (Å²) >= 11 is 0. The maximum atomic E-state index is 12.1. The van der Waals surface area contributed by atoms with E-state index in [4.69, 9.17) is 14.6 Å². The molecule has 1 heterocycles. The molecule has 0 saturated heterocycles. The van der Waals surface area contributed by atoms with Gasteiger partial charge in [-0.1, -0.05) is 6.07 Å². The van der Waals surface area contributed by atoms with Crippen LogP contribution in [0.2, 0.25) is 0 Å². The van der Waals surface area contributed by atoms with Crippen molar-refractivity contribution in [1.29, 1.82) is 0 Å². The number of fused-ring (bicyclic) bond motifs is 1. The lowest BCUT2D eigenvalue weighted by Gasteiger charge is -2.21. The largest absolute Gasteiger partial charge is 0.486 e. The Bertz CT molecular complexity index is 516. The number of nitrogens with one attached hydrogen (secondary N) is 1. The second kappa shape index (κ2) is 6.25. The molecule has 1 aliphatic heterocycles. The summed E-state index contributed by atoms with van der Waals surface area (Å²) in [6, 6.07) is 3.77. The summed E-state index contributed by atoms with van der Waals surface area (Å²) < 4.78 is 15.3. The number of esters is 1. The highest BCUT2D eigenvalue weighted by atomic mass is 16.6. The van der Waals surface area contributed by atoms with Gasteiger partial charge in [0, 0.05) is 0 Å². The Morgan fingerprint density at radius 1 is 1.40 bits per heavy atom. The van der Waals surface area contributed by atoms with Gasteiger partial charge in [-0.05, 0) is 12.1 Å². The van der Waals surface area contributed by atoms with E-state index in [-0.39, 0.29) is 5.56 Å². The third kappa shape index (κ3) is 2.83. The van der Waals surface area contributed by atoms with E-state index in [2.05, 4.69) is 10.1 Å². The van der Waals surface area contributed by atoms with Crippen LogP contribution in [0.4, 0.5) is 0 Å². The number of carbonyl (C=O) groups is 2. The molecule has 0 aliphatic carbocycles. The molecule has 0 spiro atoms. The number of amides is 1. The zero-order chi connectivity index (χ0) is 14.5. The number of ether oxygens (including phenoxy) is 3. The maximum Gasteiger partial charge on any atom is 0.330 e. The molecular weight excluding hydrogens is 266 g/mol. The van der Waals surface area contributed by atoms with Gasteiger partial charge in [-0.2, -0.15) is 0 Å². The lowest BCUT2D eigenvalue weighted by atomic mass is 10.1. The van der Waals surface area contributed by atoms with Gasteiger partial charge < -0.3 is 24.6 Å². The Morgan fingerprint density at radius 2 is 2.15 bits per heavy atom.